The SMILES string of the molecule is CCN(CC1CCCCN1)c1ccccc1F. The van der Waals surface area contributed by atoms with Crippen molar-refractivity contribution in [1.29, 1.82) is 0 Å². The van der Waals surface area contributed by atoms with E-state index >= 15 is 0 Å². The van der Waals surface area contributed by atoms with E-state index in [-0.39, 0.29) is 5.82 Å². The first kappa shape index (κ1) is 12.4. The Bertz CT molecular complexity index is 348. The van der Waals surface area contributed by atoms with Crippen molar-refractivity contribution in [2.24, 2.45) is 0 Å². The van der Waals surface area contributed by atoms with Crippen molar-refractivity contribution in [2.75, 3.05) is 24.5 Å². The second kappa shape index (κ2) is 6.01. The Balaban J connectivity index is 2.03. The lowest BCUT2D eigenvalue weighted by molar-refractivity contribution is 0.399. The summed E-state index contributed by atoms with van der Waals surface area (Å²) >= 11 is 0. The van der Waals surface area contributed by atoms with E-state index in [2.05, 4.69) is 17.1 Å². The fourth-order valence-corrected chi connectivity index (χ4v) is 2.45. The smallest absolute Gasteiger partial charge is 0.146 e. The van der Waals surface area contributed by atoms with Crippen molar-refractivity contribution in [1.82, 2.24) is 5.32 Å². The van der Waals surface area contributed by atoms with Gasteiger partial charge in [-0.3, -0.25) is 0 Å². The minimum absolute atomic E-state index is 0.120. The van der Waals surface area contributed by atoms with Crippen LogP contribution in [0.15, 0.2) is 24.3 Å². The van der Waals surface area contributed by atoms with E-state index in [0.717, 1.165) is 25.3 Å². The second-order valence-electron chi connectivity index (χ2n) is 4.64. The third kappa shape index (κ3) is 3.19. The summed E-state index contributed by atoms with van der Waals surface area (Å²) in [5.41, 5.74) is 0.724. The van der Waals surface area contributed by atoms with E-state index in [1.165, 1.54) is 25.3 Å². The Morgan fingerprint density at radius 2 is 2.18 bits per heavy atom. The summed E-state index contributed by atoms with van der Waals surface area (Å²) in [5.74, 6) is -0.120. The van der Waals surface area contributed by atoms with E-state index in [4.69, 9.17) is 0 Å². The van der Waals surface area contributed by atoms with Crippen LogP contribution in [-0.4, -0.2) is 25.7 Å². The van der Waals surface area contributed by atoms with Crippen LogP contribution in [0.1, 0.15) is 26.2 Å². The van der Waals surface area contributed by atoms with Gasteiger partial charge in [-0.15, -0.1) is 0 Å². The molecule has 1 fully saturated rings. The Morgan fingerprint density at radius 3 is 2.82 bits per heavy atom. The number of hydrogen-bond donors (Lipinski definition) is 1. The van der Waals surface area contributed by atoms with Crippen LogP contribution in [0, 0.1) is 5.82 Å². The molecule has 2 rings (SSSR count). The fourth-order valence-electron chi connectivity index (χ4n) is 2.45. The standard InChI is InChI=1S/C14H21FN2/c1-2-17(11-12-7-5-6-10-16-12)14-9-4-3-8-13(14)15/h3-4,8-9,12,16H,2,5-7,10-11H2,1H3. The Morgan fingerprint density at radius 1 is 1.35 bits per heavy atom. The molecule has 0 aliphatic carbocycles. The van der Waals surface area contributed by atoms with Gasteiger partial charge in [0.25, 0.3) is 0 Å². The van der Waals surface area contributed by atoms with Gasteiger partial charge < -0.3 is 10.2 Å². The Labute approximate surface area is 103 Å². The van der Waals surface area contributed by atoms with Crippen molar-refractivity contribution in [3.63, 3.8) is 0 Å². The molecule has 1 aromatic rings. The molecular formula is C14H21FN2. The maximum absolute atomic E-state index is 13.7. The highest BCUT2D eigenvalue weighted by Gasteiger charge is 2.17. The molecule has 1 heterocycles. The van der Waals surface area contributed by atoms with Crippen molar-refractivity contribution in [3.05, 3.63) is 30.1 Å². The molecule has 1 aliphatic heterocycles. The van der Waals surface area contributed by atoms with Crippen molar-refractivity contribution in [2.45, 2.75) is 32.2 Å². The van der Waals surface area contributed by atoms with Crippen molar-refractivity contribution in [3.8, 4) is 0 Å². The first-order valence-electron chi connectivity index (χ1n) is 6.54. The largest absolute Gasteiger partial charge is 0.368 e. The zero-order valence-electron chi connectivity index (χ0n) is 10.5. The average Bonchev–Trinajstić information content (AvgIpc) is 2.38. The molecule has 94 valence electrons. The van der Waals surface area contributed by atoms with Crippen LogP contribution in [0.2, 0.25) is 0 Å². The molecular weight excluding hydrogens is 215 g/mol. The van der Waals surface area contributed by atoms with Gasteiger partial charge in [-0.25, -0.2) is 4.39 Å². The fraction of sp³-hybridized carbons (Fsp3) is 0.571. The minimum atomic E-state index is -0.120. The van der Waals surface area contributed by atoms with Crippen molar-refractivity contribution < 1.29 is 4.39 Å². The predicted octanol–water partition coefficient (Wildman–Crippen LogP) is 2.79. The zero-order chi connectivity index (χ0) is 12.1. The molecule has 3 heteroatoms. The molecule has 0 spiro atoms. The second-order valence-corrected chi connectivity index (χ2v) is 4.64. The number of benzene rings is 1. The van der Waals surface area contributed by atoms with Crippen LogP contribution >= 0.6 is 0 Å². The molecule has 0 amide bonds. The van der Waals surface area contributed by atoms with Crippen molar-refractivity contribution >= 4 is 5.69 Å². The monoisotopic (exact) mass is 236 g/mol. The molecule has 0 radical (unpaired) electrons. The Hall–Kier alpha value is -1.09. The van der Waals surface area contributed by atoms with Gasteiger partial charge in [-0.05, 0) is 38.4 Å². The molecule has 1 unspecified atom stereocenters. The van der Waals surface area contributed by atoms with E-state index in [9.17, 15) is 4.39 Å². The highest BCUT2D eigenvalue weighted by atomic mass is 19.1. The van der Waals surface area contributed by atoms with Crippen LogP contribution in [0.25, 0.3) is 0 Å². The quantitative estimate of drug-likeness (QED) is 0.864. The van der Waals surface area contributed by atoms with E-state index in [0.29, 0.717) is 6.04 Å². The summed E-state index contributed by atoms with van der Waals surface area (Å²) in [4.78, 5) is 2.12. The van der Waals surface area contributed by atoms with Gasteiger partial charge in [0.1, 0.15) is 5.82 Å². The molecule has 1 saturated heterocycles. The summed E-state index contributed by atoms with van der Waals surface area (Å²) in [7, 11) is 0. The molecule has 1 aliphatic rings. The first-order chi connectivity index (χ1) is 8.31. The first-order valence-corrected chi connectivity index (χ1v) is 6.54. The third-order valence-corrected chi connectivity index (χ3v) is 3.43. The molecule has 0 aromatic heterocycles. The van der Waals surface area contributed by atoms with Gasteiger partial charge in [-0.2, -0.15) is 0 Å². The summed E-state index contributed by atoms with van der Waals surface area (Å²) < 4.78 is 13.7. The lowest BCUT2D eigenvalue weighted by atomic mass is 10.0. The molecule has 1 atom stereocenters. The molecule has 0 saturated carbocycles. The summed E-state index contributed by atoms with van der Waals surface area (Å²) in [6.07, 6.45) is 3.75. The van der Waals surface area contributed by atoms with E-state index in [1.807, 2.05) is 12.1 Å². The average molecular weight is 236 g/mol. The summed E-state index contributed by atoms with van der Waals surface area (Å²) in [5, 5.41) is 3.51. The summed E-state index contributed by atoms with van der Waals surface area (Å²) in [6, 6.07) is 7.54. The van der Waals surface area contributed by atoms with Crippen LogP contribution in [0.3, 0.4) is 0 Å². The number of rotatable bonds is 4. The van der Waals surface area contributed by atoms with Crippen LogP contribution in [-0.2, 0) is 0 Å². The number of nitrogens with one attached hydrogen (secondary N) is 1. The number of likely N-dealkylation sites (N-methyl/N-ethyl adjacent to an activating group) is 1. The maximum Gasteiger partial charge on any atom is 0.146 e. The lowest BCUT2D eigenvalue weighted by Gasteiger charge is -2.31. The maximum atomic E-state index is 13.7. The molecule has 1 aromatic carbocycles. The normalized spacial score (nSPS) is 20.2. The highest BCUT2D eigenvalue weighted by Crippen LogP contribution is 2.20. The van der Waals surface area contributed by atoms with Crippen LogP contribution in [0.5, 0.6) is 0 Å². The summed E-state index contributed by atoms with van der Waals surface area (Å²) in [6.45, 7) is 4.92. The number of piperidine rings is 1. The molecule has 0 bridgehead atoms. The number of anilines is 1. The molecule has 17 heavy (non-hydrogen) atoms. The number of hydrogen-bond acceptors (Lipinski definition) is 2. The topological polar surface area (TPSA) is 15.3 Å². The number of nitrogens with zero attached hydrogens (tertiary/aromatic N) is 1. The van der Waals surface area contributed by atoms with E-state index in [1.54, 1.807) is 6.07 Å². The van der Waals surface area contributed by atoms with Gasteiger partial charge in [0.15, 0.2) is 0 Å². The van der Waals surface area contributed by atoms with E-state index < -0.39 is 0 Å². The molecule has 1 N–H and O–H groups in total. The van der Waals surface area contributed by atoms with Gasteiger partial charge in [0.2, 0.25) is 0 Å². The van der Waals surface area contributed by atoms with Gasteiger partial charge >= 0.3 is 0 Å². The van der Waals surface area contributed by atoms with Gasteiger partial charge in [-0.1, -0.05) is 18.6 Å². The zero-order valence-corrected chi connectivity index (χ0v) is 10.5. The highest BCUT2D eigenvalue weighted by molar-refractivity contribution is 5.47. The van der Waals surface area contributed by atoms with Gasteiger partial charge in [0, 0.05) is 19.1 Å². The molecule has 2 nitrogen and oxygen atoms in total. The Kier molecular flexibility index (Phi) is 4.37. The lowest BCUT2D eigenvalue weighted by Crippen LogP contribution is -2.44. The van der Waals surface area contributed by atoms with Gasteiger partial charge in [0.05, 0.1) is 5.69 Å². The minimum Gasteiger partial charge on any atom is -0.368 e. The predicted molar refractivity (Wildman–Crippen MR) is 69.9 cm³/mol. The number of halogens is 1. The third-order valence-electron chi connectivity index (χ3n) is 3.43. The van der Waals surface area contributed by atoms with Crippen LogP contribution < -0.4 is 10.2 Å². The number of para-hydroxylation sites is 1. The van der Waals surface area contributed by atoms with Crippen LogP contribution in [0.4, 0.5) is 10.1 Å².